The fraction of sp³-hybridized carbons (Fsp3) is 0.389. The summed E-state index contributed by atoms with van der Waals surface area (Å²) in [5.74, 6) is -2.89. The average Bonchev–Trinajstić information content (AvgIpc) is 2.65. The van der Waals surface area contributed by atoms with Crippen molar-refractivity contribution in [2.75, 3.05) is 39.4 Å². The van der Waals surface area contributed by atoms with Crippen LogP contribution < -0.4 is 5.32 Å². The first-order chi connectivity index (χ1) is 13.0. The molecule has 0 bridgehead atoms. The van der Waals surface area contributed by atoms with E-state index in [2.05, 4.69) is 15.3 Å². The van der Waals surface area contributed by atoms with Crippen LogP contribution in [0.2, 0.25) is 5.15 Å². The third-order valence-corrected chi connectivity index (χ3v) is 4.38. The first-order valence-electron chi connectivity index (χ1n) is 8.51. The predicted octanol–water partition coefficient (Wildman–Crippen LogP) is 2.83. The Kier molecular flexibility index (Phi) is 6.30. The molecule has 0 atom stereocenters. The van der Waals surface area contributed by atoms with Crippen molar-refractivity contribution in [1.82, 2.24) is 20.2 Å². The van der Waals surface area contributed by atoms with Gasteiger partial charge in [0.1, 0.15) is 5.15 Å². The number of hydrogen-bond donors (Lipinski definition) is 2. The van der Waals surface area contributed by atoms with Gasteiger partial charge in [0.05, 0.1) is 37.3 Å². The van der Waals surface area contributed by atoms with Crippen LogP contribution in [-0.4, -0.2) is 66.4 Å². The van der Waals surface area contributed by atoms with Crippen LogP contribution in [0.5, 0.6) is 0 Å². The van der Waals surface area contributed by atoms with Crippen LogP contribution >= 0.6 is 11.6 Å². The Morgan fingerprint density at radius 3 is 2.85 bits per heavy atom. The molecular weight excluding hydrogens is 376 g/mol. The molecule has 9 heteroatoms. The van der Waals surface area contributed by atoms with Crippen LogP contribution in [0.3, 0.4) is 0 Å². The zero-order valence-electron chi connectivity index (χ0n) is 14.6. The second kappa shape index (κ2) is 8.69. The smallest absolute Gasteiger partial charge is 0.277 e. The molecule has 0 aromatic carbocycles. The standard InChI is InChI=1S/C18H20ClF2N5O/c19-17-2-1-15-16(25-17)7-13(10-24-15)14(8-22)9-23-11-18(20,21)12-26-3-5-27-6-4-26/h1-2,7-10,22-23H,3-6,11-12H2/b14-9+,22-8?. The zero-order valence-corrected chi connectivity index (χ0v) is 15.3. The number of morpholine rings is 1. The average molecular weight is 396 g/mol. The quantitative estimate of drug-likeness (QED) is 0.557. The predicted molar refractivity (Wildman–Crippen MR) is 102 cm³/mol. The molecule has 3 rings (SSSR count). The lowest BCUT2D eigenvalue weighted by molar-refractivity contribution is -0.0536. The zero-order chi connectivity index (χ0) is 19.3. The molecule has 0 aliphatic carbocycles. The second-order valence-electron chi connectivity index (χ2n) is 6.27. The Labute approximate surface area is 160 Å². The van der Waals surface area contributed by atoms with Gasteiger partial charge in [-0.2, -0.15) is 0 Å². The van der Waals surface area contributed by atoms with Gasteiger partial charge >= 0.3 is 0 Å². The molecule has 2 aromatic rings. The van der Waals surface area contributed by atoms with E-state index in [1.807, 2.05) is 0 Å². The molecule has 3 heterocycles. The monoisotopic (exact) mass is 395 g/mol. The van der Waals surface area contributed by atoms with Gasteiger partial charge in [-0.25, -0.2) is 13.8 Å². The van der Waals surface area contributed by atoms with Gasteiger partial charge < -0.3 is 15.5 Å². The van der Waals surface area contributed by atoms with E-state index >= 15 is 0 Å². The van der Waals surface area contributed by atoms with Crippen molar-refractivity contribution < 1.29 is 13.5 Å². The van der Waals surface area contributed by atoms with Crippen molar-refractivity contribution in [3.8, 4) is 0 Å². The van der Waals surface area contributed by atoms with Crippen LogP contribution in [0, 0.1) is 5.41 Å². The third-order valence-electron chi connectivity index (χ3n) is 4.17. The van der Waals surface area contributed by atoms with Crippen molar-refractivity contribution in [2.24, 2.45) is 0 Å². The number of rotatable bonds is 7. The van der Waals surface area contributed by atoms with Gasteiger partial charge in [-0.1, -0.05) is 11.6 Å². The van der Waals surface area contributed by atoms with Gasteiger partial charge in [0.25, 0.3) is 5.92 Å². The molecule has 1 fully saturated rings. The molecule has 0 radical (unpaired) electrons. The fourth-order valence-corrected chi connectivity index (χ4v) is 2.95. The number of halogens is 3. The summed E-state index contributed by atoms with van der Waals surface area (Å²) in [5, 5.41) is 10.5. The fourth-order valence-electron chi connectivity index (χ4n) is 2.80. The van der Waals surface area contributed by atoms with Crippen LogP contribution in [-0.2, 0) is 4.74 Å². The lowest BCUT2D eigenvalue weighted by Gasteiger charge is -2.30. The number of nitrogens with zero attached hydrogens (tertiary/aromatic N) is 3. The summed E-state index contributed by atoms with van der Waals surface area (Å²) in [4.78, 5) is 10.1. The van der Waals surface area contributed by atoms with Gasteiger partial charge in [0, 0.05) is 42.8 Å². The maximum atomic E-state index is 14.1. The lowest BCUT2D eigenvalue weighted by atomic mass is 10.1. The van der Waals surface area contributed by atoms with Crippen molar-refractivity contribution >= 4 is 34.4 Å². The highest BCUT2D eigenvalue weighted by Gasteiger charge is 2.31. The van der Waals surface area contributed by atoms with E-state index in [-0.39, 0.29) is 6.54 Å². The van der Waals surface area contributed by atoms with Gasteiger partial charge in [-0.15, -0.1) is 0 Å². The summed E-state index contributed by atoms with van der Waals surface area (Å²) in [6.45, 7) is 1.14. The number of hydrogen-bond acceptors (Lipinski definition) is 6. The largest absolute Gasteiger partial charge is 0.384 e. The van der Waals surface area contributed by atoms with E-state index < -0.39 is 12.5 Å². The molecule has 2 aromatic heterocycles. The van der Waals surface area contributed by atoms with Crippen LogP contribution in [0.1, 0.15) is 5.56 Å². The number of fused-ring (bicyclic) bond motifs is 1. The molecule has 0 unspecified atom stereocenters. The molecule has 2 N–H and O–H groups in total. The number of aromatic nitrogens is 2. The number of nitrogens with one attached hydrogen (secondary N) is 2. The van der Waals surface area contributed by atoms with Gasteiger partial charge in [-0.3, -0.25) is 9.88 Å². The minimum atomic E-state index is -2.89. The van der Waals surface area contributed by atoms with E-state index in [0.29, 0.717) is 53.6 Å². The number of alkyl halides is 2. The highest BCUT2D eigenvalue weighted by Crippen LogP contribution is 2.19. The summed E-state index contributed by atoms with van der Waals surface area (Å²) in [6, 6.07) is 5.10. The van der Waals surface area contributed by atoms with Crippen molar-refractivity contribution in [1.29, 1.82) is 5.41 Å². The SMILES string of the molecule is N=C/C(=C\NCC(F)(F)CN1CCOCC1)c1cnc2ccc(Cl)nc2c1. The molecule has 0 amide bonds. The Morgan fingerprint density at radius 1 is 1.33 bits per heavy atom. The summed E-state index contributed by atoms with van der Waals surface area (Å²) in [5.41, 5.74) is 2.26. The van der Waals surface area contributed by atoms with Crippen molar-refractivity contribution in [3.63, 3.8) is 0 Å². The number of ether oxygens (including phenoxy) is 1. The highest BCUT2D eigenvalue weighted by molar-refractivity contribution is 6.29. The minimum Gasteiger partial charge on any atom is -0.384 e. The maximum absolute atomic E-state index is 14.1. The van der Waals surface area contributed by atoms with Crippen molar-refractivity contribution in [2.45, 2.75) is 5.92 Å². The highest BCUT2D eigenvalue weighted by atomic mass is 35.5. The topological polar surface area (TPSA) is 74.1 Å². The van der Waals surface area contributed by atoms with E-state index in [0.717, 1.165) is 6.21 Å². The van der Waals surface area contributed by atoms with E-state index in [1.165, 1.54) is 6.20 Å². The van der Waals surface area contributed by atoms with Gasteiger partial charge in [0.2, 0.25) is 0 Å². The first-order valence-corrected chi connectivity index (χ1v) is 8.89. The molecule has 1 aliphatic heterocycles. The third kappa shape index (κ3) is 5.41. The number of pyridine rings is 2. The van der Waals surface area contributed by atoms with E-state index in [4.69, 9.17) is 21.7 Å². The first kappa shape index (κ1) is 19.6. The second-order valence-corrected chi connectivity index (χ2v) is 6.65. The number of allylic oxidation sites excluding steroid dienone is 1. The normalized spacial score (nSPS) is 16.5. The lowest BCUT2D eigenvalue weighted by Crippen LogP contribution is -2.46. The summed E-state index contributed by atoms with van der Waals surface area (Å²) < 4.78 is 33.5. The Balaban J connectivity index is 1.66. The van der Waals surface area contributed by atoms with E-state index in [1.54, 1.807) is 29.3 Å². The van der Waals surface area contributed by atoms with Crippen LogP contribution in [0.15, 0.2) is 30.6 Å². The van der Waals surface area contributed by atoms with Crippen molar-refractivity contribution in [3.05, 3.63) is 41.3 Å². The molecular formula is C18H20ClF2N5O. The molecule has 27 heavy (non-hydrogen) atoms. The molecule has 6 nitrogen and oxygen atoms in total. The van der Waals surface area contributed by atoms with Gasteiger partial charge in [0.15, 0.2) is 0 Å². The molecule has 1 aliphatic rings. The molecule has 144 valence electrons. The Bertz CT molecular complexity index is 840. The minimum absolute atomic E-state index is 0.322. The summed E-state index contributed by atoms with van der Waals surface area (Å²) >= 11 is 5.89. The van der Waals surface area contributed by atoms with E-state index in [9.17, 15) is 8.78 Å². The Hall–Kier alpha value is -2.16. The maximum Gasteiger partial charge on any atom is 0.277 e. The van der Waals surface area contributed by atoms with Crippen LogP contribution in [0.25, 0.3) is 16.6 Å². The molecule has 0 saturated carbocycles. The molecule has 1 saturated heterocycles. The summed E-state index contributed by atoms with van der Waals surface area (Å²) in [7, 11) is 0. The van der Waals surface area contributed by atoms with Gasteiger partial charge in [-0.05, 0) is 18.2 Å². The summed E-state index contributed by atoms with van der Waals surface area (Å²) in [6.07, 6.45) is 4.05. The molecule has 0 spiro atoms. The Morgan fingerprint density at radius 2 is 2.11 bits per heavy atom. The van der Waals surface area contributed by atoms with Crippen LogP contribution in [0.4, 0.5) is 8.78 Å².